The molecule has 1 amide bonds. The zero-order valence-electron chi connectivity index (χ0n) is 17.7. The molecule has 31 heavy (non-hydrogen) atoms. The first-order valence-electron chi connectivity index (χ1n) is 10.9. The molecule has 0 saturated carbocycles. The summed E-state index contributed by atoms with van der Waals surface area (Å²) in [5.74, 6) is 0.617. The minimum Gasteiger partial charge on any atom is -0.497 e. The maximum atomic E-state index is 12.3. The highest BCUT2D eigenvalue weighted by Gasteiger charge is 2.40. The lowest BCUT2D eigenvalue weighted by Gasteiger charge is -2.39. The highest BCUT2D eigenvalue weighted by molar-refractivity contribution is 6.42. The van der Waals surface area contributed by atoms with Crippen LogP contribution in [0, 0.1) is 0 Å². The van der Waals surface area contributed by atoms with Gasteiger partial charge in [0.2, 0.25) is 0 Å². The number of carbonyl (C=O) groups excluding carboxylic acids is 1. The summed E-state index contributed by atoms with van der Waals surface area (Å²) in [4.78, 5) is 14.9. The lowest BCUT2D eigenvalue weighted by atomic mass is 9.96. The van der Waals surface area contributed by atoms with Gasteiger partial charge in [-0.1, -0.05) is 35.3 Å². The predicted molar refractivity (Wildman–Crippen MR) is 125 cm³/mol. The molecule has 7 heteroatoms. The van der Waals surface area contributed by atoms with Crippen molar-refractivity contribution in [2.45, 2.75) is 50.4 Å². The first kappa shape index (κ1) is 22.4. The molecule has 0 aromatic heterocycles. The minimum absolute atomic E-state index is 0.0720. The Balaban J connectivity index is 1.22. The van der Waals surface area contributed by atoms with Crippen LogP contribution in [0.15, 0.2) is 42.5 Å². The fourth-order valence-electron chi connectivity index (χ4n) is 4.87. The average Bonchev–Trinajstić information content (AvgIpc) is 3.01. The molecule has 2 aromatic carbocycles. The fourth-order valence-corrected chi connectivity index (χ4v) is 5.19. The van der Waals surface area contributed by atoms with Gasteiger partial charge in [0, 0.05) is 43.3 Å². The molecule has 2 aromatic rings. The van der Waals surface area contributed by atoms with Gasteiger partial charge in [-0.3, -0.25) is 9.69 Å². The van der Waals surface area contributed by atoms with E-state index in [2.05, 4.69) is 21.6 Å². The summed E-state index contributed by atoms with van der Waals surface area (Å²) in [6.07, 6.45) is 4.77. The molecule has 2 atom stereocenters. The summed E-state index contributed by atoms with van der Waals surface area (Å²) in [5, 5.41) is 7.87. The number of methoxy groups -OCH3 is 1. The normalized spacial score (nSPS) is 23.0. The highest BCUT2D eigenvalue weighted by Crippen LogP contribution is 2.37. The number of carbonyl (C=O) groups is 1. The van der Waals surface area contributed by atoms with Crippen molar-refractivity contribution >= 4 is 29.1 Å². The third kappa shape index (κ3) is 5.53. The van der Waals surface area contributed by atoms with Crippen molar-refractivity contribution < 1.29 is 9.53 Å². The number of nitrogens with zero attached hydrogens (tertiary/aromatic N) is 1. The Labute approximate surface area is 194 Å². The molecule has 2 fully saturated rings. The summed E-state index contributed by atoms with van der Waals surface area (Å²) in [5.41, 5.74) is 1.84. The van der Waals surface area contributed by atoms with Crippen LogP contribution in [0.5, 0.6) is 5.75 Å². The zero-order valence-corrected chi connectivity index (χ0v) is 19.3. The number of rotatable bonds is 8. The Morgan fingerprint density at radius 2 is 1.84 bits per heavy atom. The number of ether oxygens (including phenoxy) is 1. The summed E-state index contributed by atoms with van der Waals surface area (Å²) >= 11 is 12.2. The number of piperidine rings is 1. The smallest absolute Gasteiger partial charge is 0.251 e. The third-order valence-electron chi connectivity index (χ3n) is 6.41. The van der Waals surface area contributed by atoms with Crippen LogP contribution in [-0.4, -0.2) is 49.1 Å². The minimum atomic E-state index is -0.0720. The molecule has 166 valence electrons. The van der Waals surface area contributed by atoms with E-state index in [-0.39, 0.29) is 5.91 Å². The lowest BCUT2D eigenvalue weighted by molar-refractivity contribution is 0.0947. The van der Waals surface area contributed by atoms with E-state index in [1.54, 1.807) is 19.2 Å². The van der Waals surface area contributed by atoms with Gasteiger partial charge in [0.05, 0.1) is 17.2 Å². The van der Waals surface area contributed by atoms with Crippen molar-refractivity contribution in [1.29, 1.82) is 0 Å². The van der Waals surface area contributed by atoms with Gasteiger partial charge in [0.25, 0.3) is 5.91 Å². The van der Waals surface area contributed by atoms with E-state index in [9.17, 15) is 4.79 Å². The molecule has 2 saturated heterocycles. The molecule has 2 bridgehead atoms. The maximum absolute atomic E-state index is 12.3. The first-order chi connectivity index (χ1) is 15.0. The largest absolute Gasteiger partial charge is 0.497 e. The van der Waals surface area contributed by atoms with E-state index < -0.39 is 0 Å². The molecule has 5 nitrogen and oxygen atoms in total. The number of nitrogens with one attached hydrogen (secondary N) is 2. The fraction of sp³-hybridized carbons (Fsp3) is 0.458. The van der Waals surface area contributed by atoms with Gasteiger partial charge in [0.1, 0.15) is 5.75 Å². The molecular weight excluding hydrogens is 433 g/mol. The summed E-state index contributed by atoms with van der Waals surface area (Å²) < 4.78 is 5.18. The number of fused-ring (bicyclic) bond motifs is 2. The van der Waals surface area contributed by atoms with Gasteiger partial charge in [-0.15, -0.1) is 0 Å². The molecular formula is C24H29Cl2N3O2. The number of amides is 1. The first-order valence-corrected chi connectivity index (χ1v) is 11.6. The Hall–Kier alpha value is -1.79. The van der Waals surface area contributed by atoms with Crippen LogP contribution < -0.4 is 15.4 Å². The standard InChI is InChI=1S/C24H29Cl2N3O2/c1-31-21-4-2-3-17(12-21)24(30)28-10-9-27-18-13-19-6-7-20(14-18)29(19)15-16-5-8-22(25)23(26)11-16/h2-5,8,11-12,18-20,27H,6-7,9-10,13-15H2,1H3,(H,28,30). The van der Waals surface area contributed by atoms with E-state index in [4.69, 9.17) is 27.9 Å². The van der Waals surface area contributed by atoms with Crippen LogP contribution in [0.4, 0.5) is 0 Å². The van der Waals surface area contributed by atoms with Gasteiger partial charge in [-0.2, -0.15) is 0 Å². The Kier molecular flexibility index (Phi) is 7.39. The zero-order chi connectivity index (χ0) is 21.8. The van der Waals surface area contributed by atoms with Crippen LogP contribution in [0.1, 0.15) is 41.6 Å². The van der Waals surface area contributed by atoms with Crippen LogP contribution in [0.2, 0.25) is 10.0 Å². The maximum Gasteiger partial charge on any atom is 0.251 e. The molecule has 0 aliphatic carbocycles. The monoisotopic (exact) mass is 461 g/mol. The number of halogens is 2. The second-order valence-corrected chi connectivity index (χ2v) is 9.23. The number of hydrogen-bond donors (Lipinski definition) is 2. The Morgan fingerprint density at radius 3 is 2.55 bits per heavy atom. The van der Waals surface area contributed by atoms with E-state index >= 15 is 0 Å². The Bertz CT molecular complexity index is 909. The Morgan fingerprint density at radius 1 is 1.06 bits per heavy atom. The van der Waals surface area contributed by atoms with E-state index in [1.807, 2.05) is 24.3 Å². The van der Waals surface area contributed by atoms with E-state index in [1.165, 1.54) is 18.4 Å². The highest BCUT2D eigenvalue weighted by atomic mass is 35.5. The second kappa shape index (κ2) is 10.2. The molecule has 2 aliphatic heterocycles. The molecule has 2 aliphatic rings. The molecule has 2 heterocycles. The van der Waals surface area contributed by atoms with E-state index in [0.29, 0.717) is 46.0 Å². The molecule has 2 unspecified atom stereocenters. The summed E-state index contributed by atoms with van der Waals surface area (Å²) in [7, 11) is 1.60. The van der Waals surface area contributed by atoms with Crippen molar-refractivity contribution in [2.24, 2.45) is 0 Å². The topological polar surface area (TPSA) is 53.6 Å². The van der Waals surface area contributed by atoms with Gasteiger partial charge < -0.3 is 15.4 Å². The lowest BCUT2D eigenvalue weighted by Crippen LogP contribution is -2.49. The average molecular weight is 462 g/mol. The van der Waals surface area contributed by atoms with Gasteiger partial charge in [0.15, 0.2) is 0 Å². The van der Waals surface area contributed by atoms with Crippen molar-refractivity contribution in [3.05, 3.63) is 63.6 Å². The van der Waals surface area contributed by atoms with Crippen molar-refractivity contribution in [3.63, 3.8) is 0 Å². The second-order valence-electron chi connectivity index (χ2n) is 8.42. The van der Waals surface area contributed by atoms with Crippen LogP contribution in [-0.2, 0) is 6.54 Å². The molecule has 2 N–H and O–H groups in total. The third-order valence-corrected chi connectivity index (χ3v) is 7.15. The van der Waals surface area contributed by atoms with Crippen molar-refractivity contribution in [2.75, 3.05) is 20.2 Å². The van der Waals surface area contributed by atoms with Crippen LogP contribution >= 0.6 is 23.2 Å². The van der Waals surface area contributed by atoms with Gasteiger partial charge >= 0.3 is 0 Å². The summed E-state index contributed by atoms with van der Waals surface area (Å²) in [6, 6.07) is 14.8. The predicted octanol–water partition coefficient (Wildman–Crippen LogP) is 4.52. The van der Waals surface area contributed by atoms with Crippen LogP contribution in [0.3, 0.4) is 0 Å². The van der Waals surface area contributed by atoms with Crippen molar-refractivity contribution in [1.82, 2.24) is 15.5 Å². The van der Waals surface area contributed by atoms with Crippen molar-refractivity contribution in [3.8, 4) is 5.75 Å². The van der Waals surface area contributed by atoms with Gasteiger partial charge in [-0.25, -0.2) is 0 Å². The number of hydrogen-bond acceptors (Lipinski definition) is 4. The summed E-state index contributed by atoms with van der Waals surface area (Å²) in [6.45, 7) is 2.30. The molecule has 4 rings (SSSR count). The SMILES string of the molecule is COc1cccc(C(=O)NCCNC2CC3CCC(C2)N3Cc2ccc(Cl)c(Cl)c2)c1. The van der Waals surface area contributed by atoms with Crippen LogP contribution in [0.25, 0.3) is 0 Å². The molecule has 0 spiro atoms. The van der Waals surface area contributed by atoms with E-state index in [0.717, 1.165) is 25.9 Å². The van der Waals surface area contributed by atoms with Gasteiger partial charge in [-0.05, 0) is 61.6 Å². The number of benzene rings is 2. The quantitative estimate of drug-likeness (QED) is 0.567. The molecule has 0 radical (unpaired) electrons.